The molecule has 0 amide bonds. The van der Waals surface area contributed by atoms with E-state index in [-0.39, 0.29) is 0 Å². The molecule has 1 aromatic heterocycles. The number of rotatable bonds is 5. The molecule has 0 bridgehead atoms. The zero-order valence-corrected chi connectivity index (χ0v) is 12.8. The summed E-state index contributed by atoms with van der Waals surface area (Å²) in [6.45, 7) is 7.87. The van der Waals surface area contributed by atoms with Gasteiger partial charge in [0.15, 0.2) is 0 Å². The lowest BCUT2D eigenvalue weighted by Gasteiger charge is -2.36. The van der Waals surface area contributed by atoms with Crippen LogP contribution in [0, 0.1) is 5.92 Å². The number of likely N-dealkylation sites (tertiary alicyclic amines) is 1. The zero-order valence-electron chi connectivity index (χ0n) is 12.8. The molecule has 110 valence electrons. The molecule has 0 spiro atoms. The SMILES string of the molecule is CC1CCN(Cc2cccc(CNC3CC3)n2)C(C)C1. The number of hydrogen-bond donors (Lipinski definition) is 1. The van der Waals surface area contributed by atoms with Crippen molar-refractivity contribution in [1.29, 1.82) is 0 Å². The van der Waals surface area contributed by atoms with Gasteiger partial charge in [-0.3, -0.25) is 9.88 Å². The number of nitrogens with zero attached hydrogens (tertiary/aromatic N) is 2. The summed E-state index contributed by atoms with van der Waals surface area (Å²) < 4.78 is 0. The first-order valence-electron chi connectivity index (χ1n) is 8.13. The lowest BCUT2D eigenvalue weighted by Crippen LogP contribution is -2.39. The molecule has 2 atom stereocenters. The average Bonchev–Trinajstić information content (AvgIpc) is 3.24. The molecule has 1 aliphatic carbocycles. The Morgan fingerprint density at radius 1 is 1.20 bits per heavy atom. The van der Waals surface area contributed by atoms with Gasteiger partial charge in [0.25, 0.3) is 0 Å². The van der Waals surface area contributed by atoms with Crippen molar-refractivity contribution in [3.63, 3.8) is 0 Å². The molecule has 0 aromatic carbocycles. The van der Waals surface area contributed by atoms with Gasteiger partial charge in [0.1, 0.15) is 0 Å². The van der Waals surface area contributed by atoms with Crippen LogP contribution in [0.5, 0.6) is 0 Å². The highest BCUT2D eigenvalue weighted by molar-refractivity contribution is 5.12. The first-order chi connectivity index (χ1) is 9.70. The summed E-state index contributed by atoms with van der Waals surface area (Å²) in [6.07, 6.45) is 5.32. The molecule has 1 N–H and O–H groups in total. The van der Waals surface area contributed by atoms with Crippen LogP contribution in [-0.4, -0.2) is 28.5 Å². The summed E-state index contributed by atoms with van der Waals surface area (Å²) in [5.74, 6) is 0.878. The molecule has 3 rings (SSSR count). The van der Waals surface area contributed by atoms with Gasteiger partial charge in [-0.15, -0.1) is 0 Å². The lowest BCUT2D eigenvalue weighted by molar-refractivity contribution is 0.120. The molecule has 2 unspecified atom stereocenters. The van der Waals surface area contributed by atoms with E-state index in [1.807, 2.05) is 0 Å². The average molecular weight is 273 g/mol. The van der Waals surface area contributed by atoms with Crippen LogP contribution in [0.25, 0.3) is 0 Å². The van der Waals surface area contributed by atoms with E-state index in [1.54, 1.807) is 0 Å². The normalized spacial score (nSPS) is 27.7. The monoisotopic (exact) mass is 273 g/mol. The third-order valence-electron chi connectivity index (χ3n) is 4.65. The molecule has 3 heteroatoms. The molecule has 3 nitrogen and oxygen atoms in total. The topological polar surface area (TPSA) is 28.2 Å². The summed E-state index contributed by atoms with van der Waals surface area (Å²) in [7, 11) is 0. The van der Waals surface area contributed by atoms with E-state index < -0.39 is 0 Å². The molecule has 1 saturated carbocycles. The van der Waals surface area contributed by atoms with E-state index in [0.717, 1.165) is 25.0 Å². The molecule has 2 heterocycles. The van der Waals surface area contributed by atoms with E-state index in [0.29, 0.717) is 6.04 Å². The van der Waals surface area contributed by atoms with Gasteiger partial charge in [0.2, 0.25) is 0 Å². The highest BCUT2D eigenvalue weighted by Gasteiger charge is 2.23. The summed E-state index contributed by atoms with van der Waals surface area (Å²) in [5, 5.41) is 3.54. The zero-order chi connectivity index (χ0) is 13.9. The van der Waals surface area contributed by atoms with Crippen LogP contribution in [-0.2, 0) is 13.1 Å². The third kappa shape index (κ3) is 3.80. The van der Waals surface area contributed by atoms with Crippen LogP contribution in [0.1, 0.15) is 50.9 Å². The van der Waals surface area contributed by atoms with Crippen molar-refractivity contribution in [2.75, 3.05) is 6.54 Å². The van der Waals surface area contributed by atoms with Gasteiger partial charge in [-0.1, -0.05) is 13.0 Å². The molecule has 1 aliphatic heterocycles. The van der Waals surface area contributed by atoms with Crippen LogP contribution >= 0.6 is 0 Å². The molecule has 0 radical (unpaired) electrons. The number of hydrogen-bond acceptors (Lipinski definition) is 3. The van der Waals surface area contributed by atoms with Gasteiger partial charge in [-0.05, 0) is 57.2 Å². The lowest BCUT2D eigenvalue weighted by atomic mass is 9.93. The maximum absolute atomic E-state index is 4.82. The van der Waals surface area contributed by atoms with E-state index >= 15 is 0 Å². The maximum Gasteiger partial charge on any atom is 0.0547 e. The summed E-state index contributed by atoms with van der Waals surface area (Å²) in [5.41, 5.74) is 2.41. The first kappa shape index (κ1) is 14.0. The molecule has 1 aromatic rings. The van der Waals surface area contributed by atoms with Gasteiger partial charge in [0.05, 0.1) is 11.4 Å². The molecule has 2 aliphatic rings. The van der Waals surface area contributed by atoms with Gasteiger partial charge >= 0.3 is 0 Å². The molecular formula is C17H27N3. The minimum Gasteiger partial charge on any atom is -0.308 e. The largest absolute Gasteiger partial charge is 0.308 e. The van der Waals surface area contributed by atoms with E-state index in [1.165, 1.54) is 43.6 Å². The van der Waals surface area contributed by atoms with Crippen LogP contribution in [0.2, 0.25) is 0 Å². The van der Waals surface area contributed by atoms with Crippen LogP contribution < -0.4 is 5.32 Å². The van der Waals surface area contributed by atoms with Crippen molar-refractivity contribution in [2.45, 2.75) is 64.7 Å². The maximum atomic E-state index is 4.82. The predicted octanol–water partition coefficient (Wildman–Crippen LogP) is 2.95. The Morgan fingerprint density at radius 3 is 2.75 bits per heavy atom. The van der Waals surface area contributed by atoms with Crippen molar-refractivity contribution in [1.82, 2.24) is 15.2 Å². The Bertz CT molecular complexity index is 442. The Kier molecular flexibility index (Phi) is 4.37. The van der Waals surface area contributed by atoms with Crippen molar-refractivity contribution in [3.05, 3.63) is 29.6 Å². The predicted molar refractivity (Wildman–Crippen MR) is 82.4 cm³/mol. The summed E-state index contributed by atoms with van der Waals surface area (Å²) in [4.78, 5) is 7.40. The highest BCUT2D eigenvalue weighted by Crippen LogP contribution is 2.23. The minimum atomic E-state index is 0.689. The second kappa shape index (κ2) is 6.23. The van der Waals surface area contributed by atoms with Gasteiger partial charge in [0, 0.05) is 25.2 Å². The number of piperidine rings is 1. The smallest absolute Gasteiger partial charge is 0.0547 e. The van der Waals surface area contributed by atoms with Gasteiger partial charge in [-0.25, -0.2) is 0 Å². The van der Waals surface area contributed by atoms with E-state index in [9.17, 15) is 0 Å². The number of nitrogens with one attached hydrogen (secondary N) is 1. The van der Waals surface area contributed by atoms with Crippen molar-refractivity contribution < 1.29 is 0 Å². The number of pyridine rings is 1. The molecule has 20 heavy (non-hydrogen) atoms. The van der Waals surface area contributed by atoms with E-state index in [4.69, 9.17) is 4.98 Å². The van der Waals surface area contributed by atoms with Crippen LogP contribution in [0.4, 0.5) is 0 Å². The minimum absolute atomic E-state index is 0.689. The van der Waals surface area contributed by atoms with Crippen LogP contribution in [0.15, 0.2) is 18.2 Å². The van der Waals surface area contributed by atoms with E-state index in [2.05, 4.69) is 42.3 Å². The van der Waals surface area contributed by atoms with Gasteiger partial charge in [-0.2, -0.15) is 0 Å². The van der Waals surface area contributed by atoms with Crippen molar-refractivity contribution in [3.8, 4) is 0 Å². The molecule has 2 fully saturated rings. The first-order valence-corrected chi connectivity index (χ1v) is 8.13. The summed E-state index contributed by atoms with van der Waals surface area (Å²) >= 11 is 0. The van der Waals surface area contributed by atoms with Crippen molar-refractivity contribution in [2.24, 2.45) is 5.92 Å². The van der Waals surface area contributed by atoms with Crippen LogP contribution in [0.3, 0.4) is 0 Å². The second-order valence-electron chi connectivity index (χ2n) is 6.72. The Morgan fingerprint density at radius 2 is 2.00 bits per heavy atom. The van der Waals surface area contributed by atoms with Gasteiger partial charge < -0.3 is 5.32 Å². The molecule has 1 saturated heterocycles. The fourth-order valence-electron chi connectivity index (χ4n) is 3.15. The fraction of sp³-hybridized carbons (Fsp3) is 0.706. The van der Waals surface area contributed by atoms with Crippen molar-refractivity contribution >= 4 is 0 Å². The Hall–Kier alpha value is -0.930. The summed E-state index contributed by atoms with van der Waals surface area (Å²) in [6, 6.07) is 7.91. The quantitative estimate of drug-likeness (QED) is 0.894. The Labute approximate surface area is 122 Å². The Balaban J connectivity index is 1.57. The fourth-order valence-corrected chi connectivity index (χ4v) is 3.15. The standard InChI is InChI=1S/C17H27N3/c1-13-8-9-20(14(2)10-13)12-17-5-3-4-16(19-17)11-18-15-6-7-15/h3-5,13-15,18H,6-12H2,1-2H3. The molecular weight excluding hydrogens is 246 g/mol. The third-order valence-corrected chi connectivity index (χ3v) is 4.65. The number of aromatic nitrogens is 1. The highest BCUT2D eigenvalue weighted by atomic mass is 15.2. The second-order valence-corrected chi connectivity index (χ2v) is 6.72.